The van der Waals surface area contributed by atoms with E-state index >= 15 is 0 Å². The van der Waals surface area contributed by atoms with E-state index in [9.17, 15) is 4.79 Å². The van der Waals surface area contributed by atoms with Crippen LogP contribution in [0.5, 0.6) is 5.88 Å². The normalized spacial score (nSPS) is 10.3. The maximum Gasteiger partial charge on any atom is 0.340 e. The van der Waals surface area contributed by atoms with Gasteiger partial charge in [-0.3, -0.25) is 0 Å². The van der Waals surface area contributed by atoms with E-state index in [1.165, 1.54) is 0 Å². The van der Waals surface area contributed by atoms with E-state index in [0.29, 0.717) is 28.7 Å². The number of pyridine rings is 1. The van der Waals surface area contributed by atoms with Gasteiger partial charge >= 0.3 is 5.97 Å². The minimum Gasteiger partial charge on any atom is -0.481 e. The zero-order chi connectivity index (χ0) is 17.5. The van der Waals surface area contributed by atoms with Crippen LogP contribution in [0.15, 0.2) is 42.6 Å². The predicted molar refractivity (Wildman–Crippen MR) is 97.7 cm³/mol. The first kappa shape index (κ1) is 17.9. The second-order valence-corrected chi connectivity index (χ2v) is 5.99. The summed E-state index contributed by atoms with van der Waals surface area (Å²) < 4.78 is 10.3. The third-order valence-electron chi connectivity index (χ3n) is 3.15. The average Bonchev–Trinajstić information content (AvgIpc) is 2.60. The second kappa shape index (κ2) is 8.40. The van der Waals surface area contributed by atoms with Crippen LogP contribution in [-0.4, -0.2) is 29.7 Å². The minimum absolute atomic E-state index is 0.278. The third-order valence-corrected chi connectivity index (χ3v) is 3.49. The van der Waals surface area contributed by atoms with Gasteiger partial charge in [0, 0.05) is 17.8 Å². The number of nitrogens with one attached hydrogen (secondary N) is 1. The van der Waals surface area contributed by atoms with Crippen LogP contribution >= 0.6 is 12.2 Å². The quantitative estimate of drug-likeness (QED) is 0.637. The number of rotatable bonds is 6. The number of ether oxygens (including phenoxy) is 2. The van der Waals surface area contributed by atoms with Gasteiger partial charge in [0.1, 0.15) is 4.99 Å². The Morgan fingerprint density at radius 1 is 1.25 bits per heavy atom. The van der Waals surface area contributed by atoms with Crippen LogP contribution in [0.25, 0.3) is 0 Å². The van der Waals surface area contributed by atoms with E-state index in [1.807, 2.05) is 19.9 Å². The number of benzene rings is 1. The summed E-state index contributed by atoms with van der Waals surface area (Å²) in [6, 6.07) is 10.6. The molecule has 0 amide bonds. The zero-order valence-corrected chi connectivity index (χ0v) is 14.7. The number of methoxy groups -OCH3 is 1. The molecule has 0 aliphatic heterocycles. The van der Waals surface area contributed by atoms with Gasteiger partial charge in [-0.15, -0.1) is 0 Å². The van der Waals surface area contributed by atoms with Gasteiger partial charge in [0.2, 0.25) is 5.88 Å². The number of nitrogens with zero attached hydrogens (tertiary/aromatic N) is 1. The van der Waals surface area contributed by atoms with Crippen molar-refractivity contribution in [2.24, 2.45) is 5.92 Å². The van der Waals surface area contributed by atoms with E-state index in [1.54, 1.807) is 43.6 Å². The van der Waals surface area contributed by atoms with Crippen LogP contribution in [0.1, 0.15) is 29.8 Å². The number of hydrogen-bond donors (Lipinski definition) is 1. The molecule has 1 aromatic carbocycles. The number of aromatic nitrogens is 1. The zero-order valence-electron chi connectivity index (χ0n) is 13.9. The molecule has 0 bridgehead atoms. The molecule has 6 heteroatoms. The molecule has 0 unspecified atom stereocenters. The molecule has 1 heterocycles. The molecule has 5 nitrogen and oxygen atoms in total. The summed E-state index contributed by atoms with van der Waals surface area (Å²) >= 11 is 5.39. The molecular formula is C18H20N2O3S. The molecule has 24 heavy (non-hydrogen) atoms. The van der Waals surface area contributed by atoms with Crippen molar-refractivity contribution < 1.29 is 14.3 Å². The molecule has 0 saturated carbocycles. The van der Waals surface area contributed by atoms with Crippen molar-refractivity contribution in [3.8, 4) is 5.88 Å². The third kappa shape index (κ3) is 4.76. The SMILES string of the molecule is COc1ccc(C(=S)Nc2ccccc2C(=O)OCC(C)C)cn1. The van der Waals surface area contributed by atoms with Gasteiger partial charge < -0.3 is 14.8 Å². The Morgan fingerprint density at radius 2 is 2.00 bits per heavy atom. The van der Waals surface area contributed by atoms with Crippen molar-refractivity contribution in [1.29, 1.82) is 0 Å². The molecular weight excluding hydrogens is 324 g/mol. The molecule has 1 N–H and O–H groups in total. The van der Waals surface area contributed by atoms with Gasteiger partial charge in [0.15, 0.2) is 0 Å². The summed E-state index contributed by atoms with van der Waals surface area (Å²) in [4.78, 5) is 16.8. The Bertz CT molecular complexity index is 714. The molecule has 0 atom stereocenters. The number of hydrogen-bond acceptors (Lipinski definition) is 5. The lowest BCUT2D eigenvalue weighted by Crippen LogP contribution is -2.16. The second-order valence-electron chi connectivity index (χ2n) is 5.58. The van der Waals surface area contributed by atoms with Crippen molar-refractivity contribution in [3.63, 3.8) is 0 Å². The number of carbonyl (C=O) groups is 1. The lowest BCUT2D eigenvalue weighted by atomic mass is 10.1. The van der Waals surface area contributed by atoms with Crippen molar-refractivity contribution in [3.05, 3.63) is 53.7 Å². The van der Waals surface area contributed by atoms with Crippen molar-refractivity contribution in [2.75, 3.05) is 19.0 Å². The number of carbonyl (C=O) groups excluding carboxylic acids is 1. The van der Waals surface area contributed by atoms with Gasteiger partial charge in [0.25, 0.3) is 0 Å². The highest BCUT2D eigenvalue weighted by atomic mass is 32.1. The maximum atomic E-state index is 12.2. The fourth-order valence-electron chi connectivity index (χ4n) is 1.92. The van der Waals surface area contributed by atoms with Crippen LogP contribution in [-0.2, 0) is 4.74 Å². The summed E-state index contributed by atoms with van der Waals surface area (Å²) in [5.41, 5.74) is 1.78. The number of para-hydroxylation sites is 1. The summed E-state index contributed by atoms with van der Waals surface area (Å²) in [6.45, 7) is 4.35. The van der Waals surface area contributed by atoms with Crippen LogP contribution in [0.2, 0.25) is 0 Å². The minimum atomic E-state index is -0.373. The molecule has 2 aromatic rings. The number of esters is 1. The summed E-state index contributed by atoms with van der Waals surface area (Å²) in [5.74, 6) is 0.419. The Kier molecular flexibility index (Phi) is 6.26. The molecule has 0 fully saturated rings. The Morgan fingerprint density at radius 3 is 2.62 bits per heavy atom. The van der Waals surface area contributed by atoms with E-state index in [-0.39, 0.29) is 11.9 Å². The van der Waals surface area contributed by atoms with Crippen LogP contribution in [0.4, 0.5) is 5.69 Å². The lowest BCUT2D eigenvalue weighted by molar-refractivity contribution is 0.0460. The van der Waals surface area contributed by atoms with Gasteiger partial charge in [-0.05, 0) is 24.1 Å². The van der Waals surface area contributed by atoms with Crippen LogP contribution in [0, 0.1) is 5.92 Å². The summed E-state index contributed by atoms with van der Waals surface area (Å²) in [5, 5.41) is 3.08. The van der Waals surface area contributed by atoms with Crippen LogP contribution in [0.3, 0.4) is 0 Å². The first-order valence-corrected chi connectivity index (χ1v) is 7.99. The number of anilines is 1. The Balaban J connectivity index is 2.14. The highest BCUT2D eigenvalue weighted by molar-refractivity contribution is 7.81. The van der Waals surface area contributed by atoms with Gasteiger partial charge in [0.05, 0.1) is 25.0 Å². The molecule has 126 valence electrons. The van der Waals surface area contributed by atoms with E-state index in [4.69, 9.17) is 21.7 Å². The van der Waals surface area contributed by atoms with Crippen molar-refractivity contribution in [2.45, 2.75) is 13.8 Å². The Hall–Kier alpha value is -2.47. The molecule has 0 radical (unpaired) electrons. The maximum absolute atomic E-state index is 12.2. The van der Waals surface area contributed by atoms with E-state index < -0.39 is 0 Å². The van der Waals surface area contributed by atoms with Gasteiger partial charge in [-0.2, -0.15) is 0 Å². The fraction of sp³-hybridized carbons (Fsp3) is 0.278. The first-order valence-electron chi connectivity index (χ1n) is 7.58. The molecule has 1 aromatic heterocycles. The standard InChI is InChI=1S/C18H20N2O3S/c1-12(2)11-23-18(21)14-6-4-5-7-15(14)20-17(24)13-8-9-16(22-3)19-10-13/h4-10,12H,11H2,1-3H3,(H,20,24). The summed E-state index contributed by atoms with van der Waals surface area (Å²) in [6.07, 6.45) is 1.62. The topological polar surface area (TPSA) is 60.5 Å². The Labute approximate surface area is 147 Å². The van der Waals surface area contributed by atoms with Crippen molar-refractivity contribution in [1.82, 2.24) is 4.98 Å². The van der Waals surface area contributed by atoms with Crippen LogP contribution < -0.4 is 10.1 Å². The highest BCUT2D eigenvalue weighted by Gasteiger charge is 2.14. The molecule has 0 spiro atoms. The van der Waals surface area contributed by atoms with E-state index in [2.05, 4.69) is 10.3 Å². The molecule has 2 rings (SSSR count). The molecule has 0 aliphatic rings. The average molecular weight is 344 g/mol. The van der Waals surface area contributed by atoms with E-state index in [0.717, 1.165) is 5.56 Å². The smallest absolute Gasteiger partial charge is 0.340 e. The van der Waals surface area contributed by atoms with Gasteiger partial charge in [-0.25, -0.2) is 9.78 Å². The monoisotopic (exact) mass is 344 g/mol. The molecule has 0 saturated heterocycles. The summed E-state index contributed by atoms with van der Waals surface area (Å²) in [7, 11) is 1.55. The first-order chi connectivity index (χ1) is 11.5. The lowest BCUT2D eigenvalue weighted by Gasteiger charge is -2.13. The molecule has 0 aliphatic carbocycles. The predicted octanol–water partition coefficient (Wildman–Crippen LogP) is 3.69. The van der Waals surface area contributed by atoms with Crippen molar-refractivity contribution >= 4 is 28.9 Å². The highest BCUT2D eigenvalue weighted by Crippen LogP contribution is 2.18. The number of thiocarbonyl (C=S) groups is 1. The fourth-order valence-corrected chi connectivity index (χ4v) is 2.15. The largest absolute Gasteiger partial charge is 0.481 e. The van der Waals surface area contributed by atoms with Gasteiger partial charge in [-0.1, -0.05) is 38.2 Å².